The van der Waals surface area contributed by atoms with E-state index in [0.29, 0.717) is 5.92 Å². The van der Waals surface area contributed by atoms with Crippen LogP contribution in [0.15, 0.2) is 0 Å². The predicted octanol–water partition coefficient (Wildman–Crippen LogP) is 1.44. The Morgan fingerprint density at radius 1 is 1.18 bits per heavy atom. The highest BCUT2D eigenvalue weighted by molar-refractivity contribution is 5.57. The minimum atomic E-state index is 0.200. The predicted molar refractivity (Wildman–Crippen MR) is 42.1 cm³/mol. The maximum absolute atomic E-state index is 10.5. The van der Waals surface area contributed by atoms with Gasteiger partial charge >= 0.3 is 0 Å². The van der Waals surface area contributed by atoms with Gasteiger partial charge in [-0.25, -0.2) is 0 Å². The molecule has 0 amide bonds. The van der Waals surface area contributed by atoms with Crippen molar-refractivity contribution in [2.75, 3.05) is 0 Å². The number of carbonyl (C=O) groups excluding carboxylic acids is 2. The molecule has 1 aliphatic carbocycles. The summed E-state index contributed by atoms with van der Waals surface area (Å²) < 4.78 is 0. The van der Waals surface area contributed by atoms with Gasteiger partial charge in [0.25, 0.3) is 0 Å². The molecule has 0 aromatic rings. The highest BCUT2D eigenvalue weighted by Gasteiger charge is 2.26. The molecule has 0 unspecified atom stereocenters. The molecule has 0 saturated heterocycles. The van der Waals surface area contributed by atoms with Crippen LogP contribution in [0.5, 0.6) is 0 Å². The second-order valence-electron chi connectivity index (χ2n) is 3.49. The molecule has 0 N–H and O–H groups in total. The molecule has 62 valence electrons. The van der Waals surface area contributed by atoms with Crippen LogP contribution in [0.4, 0.5) is 0 Å². The molecule has 1 saturated carbocycles. The molecule has 1 aliphatic rings. The number of aldehydes is 2. The third-order valence-electron chi connectivity index (χ3n) is 2.64. The molecule has 0 bridgehead atoms. The second-order valence-corrected chi connectivity index (χ2v) is 3.49. The first kappa shape index (κ1) is 8.44. The molecule has 2 nitrogen and oxygen atoms in total. The van der Waals surface area contributed by atoms with E-state index in [-0.39, 0.29) is 11.8 Å². The maximum atomic E-state index is 10.5. The summed E-state index contributed by atoms with van der Waals surface area (Å²) in [7, 11) is 0. The normalized spacial score (nSPS) is 38.1. The summed E-state index contributed by atoms with van der Waals surface area (Å²) in [4.78, 5) is 20.9. The fraction of sp³-hybridized carbons (Fsp3) is 0.778. The summed E-state index contributed by atoms with van der Waals surface area (Å²) in [5.41, 5.74) is 0. The molecule has 0 aliphatic heterocycles. The monoisotopic (exact) mass is 154 g/mol. The van der Waals surface area contributed by atoms with E-state index < -0.39 is 0 Å². The average molecular weight is 154 g/mol. The highest BCUT2D eigenvalue weighted by Crippen LogP contribution is 2.31. The van der Waals surface area contributed by atoms with Crippen molar-refractivity contribution in [1.29, 1.82) is 0 Å². The van der Waals surface area contributed by atoms with Crippen LogP contribution in [-0.4, -0.2) is 12.6 Å². The number of hydrogen-bond donors (Lipinski definition) is 0. The Labute approximate surface area is 67.0 Å². The summed E-state index contributed by atoms with van der Waals surface area (Å²) in [6.45, 7) is 2.05. The Kier molecular flexibility index (Phi) is 2.80. The van der Waals surface area contributed by atoms with Crippen molar-refractivity contribution in [2.45, 2.75) is 26.2 Å². The summed E-state index contributed by atoms with van der Waals surface area (Å²) >= 11 is 0. The molecule has 0 heterocycles. The molecule has 3 atom stereocenters. The highest BCUT2D eigenvalue weighted by atomic mass is 16.1. The van der Waals surface area contributed by atoms with Crippen LogP contribution in [0.25, 0.3) is 0 Å². The van der Waals surface area contributed by atoms with Gasteiger partial charge in [-0.05, 0) is 25.2 Å². The summed E-state index contributed by atoms with van der Waals surface area (Å²) in [6.07, 6.45) is 4.75. The summed E-state index contributed by atoms with van der Waals surface area (Å²) in [5, 5.41) is 0. The summed E-state index contributed by atoms with van der Waals surface area (Å²) in [6, 6.07) is 0. The van der Waals surface area contributed by atoms with Gasteiger partial charge in [-0.15, -0.1) is 0 Å². The van der Waals surface area contributed by atoms with Gasteiger partial charge in [0, 0.05) is 11.8 Å². The van der Waals surface area contributed by atoms with Crippen molar-refractivity contribution in [3.8, 4) is 0 Å². The number of rotatable bonds is 2. The van der Waals surface area contributed by atoms with Gasteiger partial charge in [0.05, 0.1) is 0 Å². The molecule has 1 rings (SSSR count). The van der Waals surface area contributed by atoms with Gasteiger partial charge in [0.15, 0.2) is 0 Å². The van der Waals surface area contributed by atoms with Crippen LogP contribution in [0.1, 0.15) is 26.2 Å². The fourth-order valence-corrected chi connectivity index (χ4v) is 1.79. The number of hydrogen-bond acceptors (Lipinski definition) is 2. The van der Waals surface area contributed by atoms with E-state index >= 15 is 0 Å². The standard InChI is InChI=1S/C9H14O2/c1-7-4-8(5-10)2-3-9(7)6-11/h5-9H,2-4H2,1H3/t7-,8-,9-/m0/s1. The van der Waals surface area contributed by atoms with Crippen LogP contribution >= 0.6 is 0 Å². The lowest BCUT2D eigenvalue weighted by atomic mass is 9.76. The topological polar surface area (TPSA) is 34.1 Å². The van der Waals surface area contributed by atoms with Gasteiger partial charge in [-0.1, -0.05) is 6.92 Å². The van der Waals surface area contributed by atoms with Crippen LogP contribution in [0.3, 0.4) is 0 Å². The van der Waals surface area contributed by atoms with E-state index in [9.17, 15) is 9.59 Å². The van der Waals surface area contributed by atoms with Crippen LogP contribution in [0.2, 0.25) is 0 Å². The van der Waals surface area contributed by atoms with E-state index in [1.165, 1.54) is 0 Å². The largest absolute Gasteiger partial charge is 0.303 e. The third-order valence-corrected chi connectivity index (χ3v) is 2.64. The zero-order valence-corrected chi connectivity index (χ0v) is 6.82. The van der Waals surface area contributed by atoms with Gasteiger partial charge in [0.2, 0.25) is 0 Å². The van der Waals surface area contributed by atoms with Crippen molar-refractivity contribution in [3.05, 3.63) is 0 Å². The van der Waals surface area contributed by atoms with Gasteiger partial charge in [-0.3, -0.25) is 0 Å². The van der Waals surface area contributed by atoms with Gasteiger partial charge in [0.1, 0.15) is 12.6 Å². The molecular weight excluding hydrogens is 140 g/mol. The zero-order chi connectivity index (χ0) is 8.27. The first-order valence-electron chi connectivity index (χ1n) is 4.18. The maximum Gasteiger partial charge on any atom is 0.123 e. The Morgan fingerprint density at radius 3 is 2.36 bits per heavy atom. The van der Waals surface area contributed by atoms with E-state index in [4.69, 9.17) is 0 Å². The molecule has 1 fully saturated rings. The van der Waals surface area contributed by atoms with E-state index in [0.717, 1.165) is 31.8 Å². The Morgan fingerprint density at radius 2 is 1.91 bits per heavy atom. The van der Waals surface area contributed by atoms with Crippen molar-refractivity contribution in [2.24, 2.45) is 17.8 Å². The van der Waals surface area contributed by atoms with Crippen molar-refractivity contribution < 1.29 is 9.59 Å². The third kappa shape index (κ3) is 1.88. The molecule has 0 aromatic heterocycles. The molecule has 0 spiro atoms. The van der Waals surface area contributed by atoms with Crippen LogP contribution in [-0.2, 0) is 9.59 Å². The smallest absolute Gasteiger partial charge is 0.123 e. The van der Waals surface area contributed by atoms with Crippen molar-refractivity contribution in [3.63, 3.8) is 0 Å². The molecular formula is C9H14O2. The minimum absolute atomic E-state index is 0.200. The zero-order valence-electron chi connectivity index (χ0n) is 6.82. The Bertz CT molecular complexity index is 154. The summed E-state index contributed by atoms with van der Waals surface area (Å²) in [5.74, 6) is 0.809. The fourth-order valence-electron chi connectivity index (χ4n) is 1.79. The first-order chi connectivity index (χ1) is 5.27. The lowest BCUT2D eigenvalue weighted by Crippen LogP contribution is -2.24. The lowest BCUT2D eigenvalue weighted by molar-refractivity contribution is -0.117. The van der Waals surface area contributed by atoms with Crippen molar-refractivity contribution in [1.82, 2.24) is 0 Å². The Balaban J connectivity index is 2.46. The number of carbonyl (C=O) groups is 2. The molecule has 0 aromatic carbocycles. The van der Waals surface area contributed by atoms with E-state index in [1.807, 2.05) is 0 Å². The molecule has 0 radical (unpaired) electrons. The van der Waals surface area contributed by atoms with Crippen LogP contribution < -0.4 is 0 Å². The quantitative estimate of drug-likeness (QED) is 0.564. The molecule has 11 heavy (non-hydrogen) atoms. The SMILES string of the molecule is C[C@H]1C[C@@H](C=O)CC[C@H]1C=O. The van der Waals surface area contributed by atoms with Gasteiger partial charge < -0.3 is 9.59 Å². The second kappa shape index (κ2) is 3.65. The van der Waals surface area contributed by atoms with Gasteiger partial charge in [-0.2, -0.15) is 0 Å². The first-order valence-corrected chi connectivity index (χ1v) is 4.18. The van der Waals surface area contributed by atoms with Crippen molar-refractivity contribution >= 4 is 12.6 Å². The average Bonchev–Trinajstić information content (AvgIpc) is 2.04. The van der Waals surface area contributed by atoms with Crippen LogP contribution in [0, 0.1) is 17.8 Å². The van der Waals surface area contributed by atoms with E-state index in [1.54, 1.807) is 0 Å². The molecule has 2 heteroatoms. The lowest BCUT2D eigenvalue weighted by Gasteiger charge is -2.27. The Hall–Kier alpha value is -0.660. The minimum Gasteiger partial charge on any atom is -0.303 e. The van der Waals surface area contributed by atoms with E-state index in [2.05, 4.69) is 6.92 Å².